The molecule has 0 fully saturated rings. The predicted molar refractivity (Wildman–Crippen MR) is 165 cm³/mol. The van der Waals surface area contributed by atoms with Gasteiger partial charge >= 0.3 is 0 Å². The Morgan fingerprint density at radius 2 is 1.78 bits per heavy atom. The molecule has 2 aromatic heterocycles. The van der Waals surface area contributed by atoms with Crippen LogP contribution in [0.3, 0.4) is 0 Å². The molecule has 0 saturated heterocycles. The molecule has 0 aliphatic carbocycles. The van der Waals surface area contributed by atoms with Crippen LogP contribution in [0.5, 0.6) is 5.75 Å². The highest BCUT2D eigenvalue weighted by atomic mass is 35.5. The van der Waals surface area contributed by atoms with Gasteiger partial charge in [-0.15, -0.1) is 11.3 Å². The van der Waals surface area contributed by atoms with E-state index in [1.54, 1.807) is 4.57 Å². The number of halogens is 1. The molecule has 5 aromatic rings. The number of hydrogen-bond donors (Lipinski definition) is 1. The summed E-state index contributed by atoms with van der Waals surface area (Å²) in [5.41, 5.74) is 3.29. The third-order valence-electron chi connectivity index (χ3n) is 6.64. The first-order chi connectivity index (χ1) is 20.0. The van der Waals surface area contributed by atoms with Crippen molar-refractivity contribution < 1.29 is 9.53 Å². The number of amides is 1. The Balaban J connectivity index is 1.32. The molecule has 1 amide bonds. The van der Waals surface area contributed by atoms with Crippen LogP contribution in [-0.2, 0) is 11.4 Å². The minimum absolute atomic E-state index is 0.191. The number of fused-ring (bicyclic) bond motifs is 1. The van der Waals surface area contributed by atoms with Gasteiger partial charge in [0.1, 0.15) is 18.4 Å². The summed E-state index contributed by atoms with van der Waals surface area (Å²) in [5, 5.41) is 5.58. The van der Waals surface area contributed by atoms with Crippen molar-refractivity contribution in [2.75, 3.05) is 5.32 Å². The van der Waals surface area contributed by atoms with E-state index in [1.807, 2.05) is 109 Å². The first-order valence-corrected chi connectivity index (χ1v) is 14.9. The summed E-state index contributed by atoms with van der Waals surface area (Å²) in [6.07, 6.45) is 1.84. The number of hydrogen-bond acceptors (Lipinski definition) is 6. The van der Waals surface area contributed by atoms with Crippen molar-refractivity contribution in [2.45, 2.75) is 19.6 Å². The number of allylic oxidation sites excluding steroid dienone is 1. The Hall–Kier alpha value is -4.24. The highest BCUT2D eigenvalue weighted by molar-refractivity contribution is 7.10. The minimum atomic E-state index is -0.572. The van der Waals surface area contributed by atoms with E-state index in [9.17, 15) is 9.59 Å². The molecule has 1 aliphatic rings. The van der Waals surface area contributed by atoms with Crippen LogP contribution in [0.25, 0.3) is 6.08 Å². The number of aromatic nitrogens is 1. The van der Waals surface area contributed by atoms with Crippen molar-refractivity contribution in [3.63, 3.8) is 0 Å². The van der Waals surface area contributed by atoms with Crippen molar-refractivity contribution in [2.24, 2.45) is 4.99 Å². The first-order valence-electron chi connectivity index (χ1n) is 12.9. The van der Waals surface area contributed by atoms with Crippen molar-refractivity contribution in [1.29, 1.82) is 0 Å². The molecule has 1 aliphatic heterocycles. The highest BCUT2D eigenvalue weighted by Gasteiger charge is 2.33. The number of benzene rings is 3. The van der Waals surface area contributed by atoms with Crippen LogP contribution < -0.4 is 24.9 Å². The van der Waals surface area contributed by atoms with Crippen LogP contribution in [0.1, 0.15) is 29.0 Å². The number of carbonyl (C=O) groups is 1. The molecule has 9 heteroatoms. The van der Waals surface area contributed by atoms with Crippen LogP contribution in [-0.4, -0.2) is 10.5 Å². The molecule has 1 atom stereocenters. The Kier molecular flexibility index (Phi) is 7.69. The summed E-state index contributed by atoms with van der Waals surface area (Å²) >= 11 is 9.05. The van der Waals surface area contributed by atoms with Crippen molar-refractivity contribution in [1.82, 2.24) is 4.57 Å². The summed E-state index contributed by atoms with van der Waals surface area (Å²) in [5.74, 6) is 0.420. The van der Waals surface area contributed by atoms with Gasteiger partial charge in [0.15, 0.2) is 4.80 Å². The van der Waals surface area contributed by atoms with Gasteiger partial charge in [-0.05, 0) is 60.3 Å². The molecule has 0 radical (unpaired) electrons. The summed E-state index contributed by atoms with van der Waals surface area (Å²) in [6.45, 7) is 2.18. The fourth-order valence-corrected chi connectivity index (χ4v) is 6.70. The molecule has 3 heterocycles. The van der Waals surface area contributed by atoms with E-state index in [2.05, 4.69) is 5.32 Å². The van der Waals surface area contributed by atoms with Gasteiger partial charge in [-0.2, -0.15) is 0 Å². The minimum Gasteiger partial charge on any atom is -0.489 e. The lowest BCUT2D eigenvalue weighted by Crippen LogP contribution is -2.40. The smallest absolute Gasteiger partial charge is 0.271 e. The Morgan fingerprint density at radius 1 is 1.02 bits per heavy atom. The average molecular weight is 598 g/mol. The molecule has 6 nitrogen and oxygen atoms in total. The molecular weight excluding hydrogens is 574 g/mol. The number of anilines is 1. The van der Waals surface area contributed by atoms with Crippen LogP contribution in [0, 0.1) is 0 Å². The second kappa shape index (κ2) is 11.7. The number of para-hydroxylation sites is 1. The quantitative estimate of drug-likeness (QED) is 0.244. The normalized spacial score (nSPS) is 14.9. The number of nitrogens with one attached hydrogen (secondary N) is 1. The predicted octanol–water partition coefficient (Wildman–Crippen LogP) is 6.17. The largest absolute Gasteiger partial charge is 0.489 e. The fraction of sp³-hybridized carbons (Fsp3) is 0.0938. The van der Waals surface area contributed by atoms with Crippen molar-refractivity contribution in [3.8, 4) is 5.75 Å². The molecule has 0 bridgehead atoms. The summed E-state index contributed by atoms with van der Waals surface area (Å²) in [6, 6.07) is 27.7. The molecule has 3 aromatic carbocycles. The SMILES string of the molecule is CC1=C(C(=O)Nc2ccccc2)C(c2cccs2)n2c(s/c(=C\c3ccc(OCc4ccccc4Cl)cc3)c2=O)=N1. The number of thiazole rings is 1. The zero-order valence-electron chi connectivity index (χ0n) is 21.9. The topological polar surface area (TPSA) is 72.7 Å². The molecule has 0 saturated carbocycles. The van der Waals surface area contributed by atoms with E-state index in [1.165, 1.54) is 22.7 Å². The monoisotopic (exact) mass is 597 g/mol. The zero-order chi connectivity index (χ0) is 28.3. The lowest BCUT2D eigenvalue weighted by atomic mass is 10.0. The fourth-order valence-electron chi connectivity index (χ4n) is 4.64. The van der Waals surface area contributed by atoms with Crippen molar-refractivity contribution in [3.05, 3.63) is 148 Å². The molecule has 41 heavy (non-hydrogen) atoms. The average Bonchev–Trinajstić information content (AvgIpc) is 3.61. The van der Waals surface area contributed by atoms with Crippen LogP contribution in [0.15, 0.2) is 117 Å². The Labute approximate surface area is 249 Å². The lowest BCUT2D eigenvalue weighted by Gasteiger charge is -2.24. The first kappa shape index (κ1) is 27.0. The maximum atomic E-state index is 13.8. The summed E-state index contributed by atoms with van der Waals surface area (Å²) < 4.78 is 8.06. The highest BCUT2D eigenvalue weighted by Crippen LogP contribution is 2.33. The summed E-state index contributed by atoms with van der Waals surface area (Å²) in [7, 11) is 0. The van der Waals surface area contributed by atoms with Crippen LogP contribution in [0.2, 0.25) is 5.02 Å². The third-order valence-corrected chi connectivity index (χ3v) is 8.92. The second-order valence-electron chi connectivity index (χ2n) is 9.37. The number of rotatable bonds is 7. The van der Waals surface area contributed by atoms with Gasteiger partial charge in [-0.1, -0.05) is 77.5 Å². The van der Waals surface area contributed by atoms with Gasteiger partial charge in [-0.25, -0.2) is 4.99 Å². The van der Waals surface area contributed by atoms with Gasteiger partial charge in [-0.3, -0.25) is 14.2 Å². The van der Waals surface area contributed by atoms with Crippen LogP contribution in [0.4, 0.5) is 5.69 Å². The van der Waals surface area contributed by atoms with E-state index >= 15 is 0 Å². The molecule has 204 valence electrons. The number of ether oxygens (including phenoxy) is 1. The standard InChI is InChI=1S/C32H24ClN3O3S2/c1-20-28(30(37)35-23-9-3-2-4-10-23)29(26-12-7-17-40-26)36-31(38)27(41-32(36)34-20)18-21-13-15-24(16-14-21)39-19-22-8-5-6-11-25(22)33/h2-18,29H,19H2,1H3,(H,35,37)/b27-18-. The van der Waals surface area contributed by atoms with E-state index in [0.717, 1.165) is 16.0 Å². The lowest BCUT2D eigenvalue weighted by molar-refractivity contribution is -0.113. The van der Waals surface area contributed by atoms with E-state index in [-0.39, 0.29) is 11.5 Å². The Morgan fingerprint density at radius 3 is 2.51 bits per heavy atom. The van der Waals surface area contributed by atoms with E-state index in [0.29, 0.717) is 43.7 Å². The van der Waals surface area contributed by atoms with Gasteiger partial charge in [0.25, 0.3) is 11.5 Å². The third kappa shape index (κ3) is 5.67. The molecule has 1 N–H and O–H groups in total. The van der Waals surface area contributed by atoms with E-state index in [4.69, 9.17) is 21.3 Å². The van der Waals surface area contributed by atoms with Gasteiger partial charge in [0.05, 0.1) is 15.8 Å². The number of thiophene rings is 1. The van der Waals surface area contributed by atoms with Crippen LogP contribution >= 0.6 is 34.3 Å². The number of nitrogens with zero attached hydrogens (tertiary/aromatic N) is 2. The second-order valence-corrected chi connectivity index (χ2v) is 11.8. The zero-order valence-corrected chi connectivity index (χ0v) is 24.3. The maximum Gasteiger partial charge on any atom is 0.271 e. The summed E-state index contributed by atoms with van der Waals surface area (Å²) in [4.78, 5) is 33.5. The van der Waals surface area contributed by atoms with Crippen molar-refractivity contribution >= 4 is 51.9 Å². The van der Waals surface area contributed by atoms with Gasteiger partial charge in [0.2, 0.25) is 0 Å². The molecule has 6 rings (SSSR count). The molecule has 0 spiro atoms. The van der Waals surface area contributed by atoms with Gasteiger partial charge in [0, 0.05) is 21.2 Å². The number of carbonyl (C=O) groups excluding carboxylic acids is 1. The van der Waals surface area contributed by atoms with E-state index < -0.39 is 6.04 Å². The van der Waals surface area contributed by atoms with Gasteiger partial charge < -0.3 is 10.1 Å². The molecule has 1 unspecified atom stereocenters. The maximum absolute atomic E-state index is 13.8. The molecular formula is C32H24ClN3O3S2. The Bertz CT molecular complexity index is 1930.